The minimum Gasteiger partial charge on any atom is -0.444 e. The number of fused-ring (bicyclic) bond motifs is 1. The van der Waals surface area contributed by atoms with Gasteiger partial charge in [0.05, 0.1) is 143 Å². The number of nitrogens with zero attached hydrogens (tertiary/aromatic N) is 4. The second-order valence-electron chi connectivity index (χ2n) is 22.0. The average molecular weight is 1290 g/mol. The Bertz CT molecular complexity index is 2740. The van der Waals surface area contributed by atoms with E-state index in [-0.39, 0.29) is 79.9 Å². The Morgan fingerprint density at radius 3 is 1.68 bits per heavy atom. The molecule has 1 saturated heterocycles. The Hall–Kier alpha value is -6.28. The molecule has 0 spiro atoms. The van der Waals surface area contributed by atoms with E-state index >= 15 is 0 Å². The van der Waals surface area contributed by atoms with Gasteiger partial charge >= 0.3 is 6.09 Å². The topological polar surface area (TPSA) is 322 Å². The van der Waals surface area contributed by atoms with E-state index in [9.17, 15) is 37.2 Å². The molecule has 0 aromatic heterocycles. The predicted octanol–water partition coefficient (Wildman–Crippen LogP) is 3.01. The van der Waals surface area contributed by atoms with Crippen molar-refractivity contribution in [3.63, 3.8) is 0 Å². The van der Waals surface area contributed by atoms with Crippen LogP contribution in [0.1, 0.15) is 65.4 Å². The molecule has 0 aliphatic carbocycles. The maximum atomic E-state index is 13.8. The van der Waals surface area contributed by atoms with E-state index in [0.29, 0.717) is 187 Å². The van der Waals surface area contributed by atoms with Crippen LogP contribution in [0.25, 0.3) is 17.2 Å². The van der Waals surface area contributed by atoms with Crippen molar-refractivity contribution in [3.05, 3.63) is 65.8 Å². The average Bonchev–Trinajstić information content (AvgIpc) is 0.980. The quantitative estimate of drug-likeness (QED) is 0.0546. The molecular formula is C62H94N8O19S. The lowest BCUT2D eigenvalue weighted by Crippen LogP contribution is -2.53. The summed E-state index contributed by atoms with van der Waals surface area (Å²) >= 11 is 0. The lowest BCUT2D eigenvalue weighted by molar-refractivity contribution is -0.137. The van der Waals surface area contributed by atoms with Crippen LogP contribution >= 0.6 is 0 Å². The van der Waals surface area contributed by atoms with E-state index in [1.807, 2.05) is 31.2 Å². The molecule has 0 radical (unpaired) electrons. The zero-order chi connectivity index (χ0) is 64.8. The van der Waals surface area contributed by atoms with Crippen LogP contribution in [0.5, 0.6) is 0 Å². The molecule has 2 aromatic rings. The van der Waals surface area contributed by atoms with Gasteiger partial charge in [0.25, 0.3) is 11.8 Å². The number of nitrogens with two attached hydrogens (primary N) is 1. The maximum absolute atomic E-state index is 13.8. The summed E-state index contributed by atoms with van der Waals surface area (Å²) in [5.41, 5.74) is 8.93. The number of rotatable bonds is 48. The maximum Gasteiger partial charge on any atom is 0.407 e. The lowest BCUT2D eigenvalue weighted by Gasteiger charge is -2.38. The lowest BCUT2D eigenvalue weighted by atomic mass is 10.0. The number of nitrogens with one attached hydrogen (secondary N) is 3. The summed E-state index contributed by atoms with van der Waals surface area (Å²) in [5, 5.41) is 8.30. The van der Waals surface area contributed by atoms with Crippen LogP contribution in [0.15, 0.2) is 70.1 Å². The summed E-state index contributed by atoms with van der Waals surface area (Å²) in [5.74, 6) is -1.18. The zero-order valence-electron chi connectivity index (χ0n) is 52.7. The summed E-state index contributed by atoms with van der Waals surface area (Å²) < 4.78 is 89.2. The van der Waals surface area contributed by atoms with E-state index in [0.717, 1.165) is 16.9 Å². The Morgan fingerprint density at radius 1 is 0.633 bits per heavy atom. The SMILES string of the molecule is CCCN(CCCNC(=O)OC(C)(C)C)C(=O)C1=Cc2ccc(-c3cccc(S(=O)(=O)N4CC(CNC(=O)CCOCCOCCOCCOCCOCCOCCOCCOCCOCCOCCNC(=O)CCN5C(=O)C=CC5=O)C4)c3)cc2N=C(N)C1. The zero-order valence-corrected chi connectivity index (χ0v) is 53.5. The Kier molecular flexibility index (Phi) is 34.7. The molecule has 0 bridgehead atoms. The number of hydrogen-bond donors (Lipinski definition) is 4. The molecular weight excluding hydrogens is 1190 g/mol. The van der Waals surface area contributed by atoms with Crippen LogP contribution in [0.4, 0.5) is 10.5 Å². The molecule has 5 N–H and O–H groups in total. The van der Waals surface area contributed by atoms with Crippen LogP contribution in [0.2, 0.25) is 0 Å². The molecule has 90 heavy (non-hydrogen) atoms. The molecule has 6 amide bonds. The third-order valence-electron chi connectivity index (χ3n) is 13.5. The van der Waals surface area contributed by atoms with Crippen molar-refractivity contribution in [2.45, 2.75) is 70.3 Å². The van der Waals surface area contributed by atoms with Crippen LogP contribution in [0.3, 0.4) is 0 Å². The fourth-order valence-corrected chi connectivity index (χ4v) is 10.6. The van der Waals surface area contributed by atoms with Gasteiger partial charge in [-0.2, -0.15) is 4.31 Å². The van der Waals surface area contributed by atoms with Crippen LogP contribution in [0, 0.1) is 5.92 Å². The molecule has 5 rings (SSSR count). The van der Waals surface area contributed by atoms with Crippen molar-refractivity contribution >= 4 is 63.3 Å². The van der Waals surface area contributed by atoms with Gasteiger partial charge in [-0.15, -0.1) is 0 Å². The highest BCUT2D eigenvalue weighted by Gasteiger charge is 2.37. The standard InChI is InChI=1S/C62H94N8O19S/c1-5-18-68(19-7-16-65-61(76)89-62(2,3)4)60(75)52-41-51-11-10-50(43-54(51)67-55(63)44-52)49-8-6-9-53(42-49)90(77,78)69-46-48(47-69)45-66-57(72)15-21-79-23-25-81-27-29-83-31-33-85-35-37-87-39-40-88-38-36-86-34-32-84-30-28-82-26-24-80-22-17-64-56(71)14-20-70-58(73)12-13-59(70)74/h6,8-13,41-43,48H,5,7,14-40,44-47H2,1-4H3,(H2,63,67)(H,64,71)(H,65,76)(H,66,72). The number of sulfonamides is 1. The smallest absolute Gasteiger partial charge is 0.407 e. The van der Waals surface area contributed by atoms with Crippen molar-refractivity contribution in [1.29, 1.82) is 0 Å². The van der Waals surface area contributed by atoms with Crippen molar-refractivity contribution in [2.24, 2.45) is 16.6 Å². The minimum absolute atomic E-state index is 0.0302. The highest BCUT2D eigenvalue weighted by atomic mass is 32.2. The second-order valence-corrected chi connectivity index (χ2v) is 23.9. The molecule has 27 nitrogen and oxygen atoms in total. The van der Waals surface area contributed by atoms with E-state index in [1.54, 1.807) is 49.9 Å². The van der Waals surface area contributed by atoms with E-state index < -0.39 is 33.5 Å². The number of benzene rings is 2. The Labute approximate surface area is 528 Å². The van der Waals surface area contributed by atoms with Crippen LogP contribution in [-0.4, -0.2) is 254 Å². The van der Waals surface area contributed by atoms with Gasteiger partial charge in [0.15, 0.2) is 0 Å². The third kappa shape index (κ3) is 29.3. The van der Waals surface area contributed by atoms with Crippen molar-refractivity contribution in [1.82, 2.24) is 30.1 Å². The molecule has 1 fully saturated rings. The normalized spacial score (nSPS) is 14.4. The molecule has 3 aliphatic rings. The van der Waals surface area contributed by atoms with Gasteiger partial charge in [0.2, 0.25) is 27.7 Å². The molecule has 0 atom stereocenters. The number of ether oxygens (including phenoxy) is 11. The number of carbonyl (C=O) groups excluding carboxylic acids is 6. The van der Waals surface area contributed by atoms with Gasteiger partial charge in [-0.25, -0.2) is 18.2 Å². The number of carbonyl (C=O) groups is 6. The van der Waals surface area contributed by atoms with Gasteiger partial charge in [0, 0.05) is 101 Å². The third-order valence-corrected chi connectivity index (χ3v) is 15.3. The molecule has 0 saturated carbocycles. The highest BCUT2D eigenvalue weighted by Crippen LogP contribution is 2.34. The fourth-order valence-electron chi connectivity index (χ4n) is 8.91. The van der Waals surface area contributed by atoms with E-state index in [1.165, 1.54) is 16.5 Å². The predicted molar refractivity (Wildman–Crippen MR) is 333 cm³/mol. The van der Waals surface area contributed by atoms with Crippen LogP contribution in [-0.2, 0) is 86.1 Å². The molecule has 0 unspecified atom stereocenters. The van der Waals surface area contributed by atoms with Crippen molar-refractivity contribution in [2.75, 3.05) is 184 Å². The first-order valence-electron chi connectivity index (χ1n) is 30.8. The summed E-state index contributed by atoms with van der Waals surface area (Å²) in [6.07, 6.45) is 5.31. The summed E-state index contributed by atoms with van der Waals surface area (Å²) in [6, 6.07) is 12.3. The summed E-state index contributed by atoms with van der Waals surface area (Å²) in [4.78, 5) is 80.9. The monoisotopic (exact) mass is 1290 g/mol. The molecule has 3 aliphatic heterocycles. The van der Waals surface area contributed by atoms with Gasteiger partial charge < -0.3 is 78.7 Å². The largest absolute Gasteiger partial charge is 0.444 e. The molecule has 28 heteroatoms. The summed E-state index contributed by atoms with van der Waals surface area (Å²) in [7, 11) is -3.81. The molecule has 2 aromatic carbocycles. The number of amides is 6. The first kappa shape index (κ1) is 74.4. The minimum atomic E-state index is -3.81. The molecule has 3 heterocycles. The van der Waals surface area contributed by atoms with Gasteiger partial charge in [0.1, 0.15) is 11.4 Å². The molecule has 502 valence electrons. The second kappa shape index (κ2) is 42.0. The Morgan fingerprint density at radius 2 is 1.14 bits per heavy atom. The Balaban J connectivity index is 0.780. The van der Waals surface area contributed by atoms with Gasteiger partial charge in [-0.1, -0.05) is 31.2 Å². The number of aliphatic imine (C=N–C) groups is 1. The number of alkyl carbamates (subject to hydrolysis) is 1. The number of hydrogen-bond acceptors (Lipinski definition) is 21. The summed E-state index contributed by atoms with van der Waals surface area (Å²) in [6.45, 7) is 17.8. The van der Waals surface area contributed by atoms with Gasteiger partial charge in [-0.3, -0.25) is 28.9 Å². The number of amidine groups is 1. The number of imide groups is 1. The first-order chi connectivity index (χ1) is 43.4. The van der Waals surface area contributed by atoms with E-state index in [4.69, 9.17) is 57.8 Å². The first-order valence-corrected chi connectivity index (χ1v) is 32.3. The van der Waals surface area contributed by atoms with Crippen LogP contribution < -0.4 is 21.7 Å². The van der Waals surface area contributed by atoms with Gasteiger partial charge in [-0.05, 0) is 69.0 Å². The fraction of sp³-hybridized carbons (Fsp3) is 0.629. The van der Waals surface area contributed by atoms with Crippen molar-refractivity contribution < 1.29 is 89.3 Å². The van der Waals surface area contributed by atoms with E-state index in [2.05, 4.69) is 20.9 Å². The van der Waals surface area contributed by atoms with Crippen molar-refractivity contribution in [3.8, 4) is 11.1 Å². The highest BCUT2D eigenvalue weighted by molar-refractivity contribution is 7.89.